The number of hydrogen-bond acceptors (Lipinski definition) is 8. The fraction of sp³-hybridized carbons (Fsp3) is 0.368. The third-order valence-electron chi connectivity index (χ3n) is 4.35. The molecule has 0 radical (unpaired) electrons. The lowest BCUT2D eigenvalue weighted by molar-refractivity contribution is 0.324. The Kier molecular flexibility index (Phi) is 6.94. The van der Waals surface area contributed by atoms with Crippen LogP contribution in [0.5, 0.6) is 23.0 Å². The van der Waals surface area contributed by atoms with Crippen LogP contribution in [0.25, 0.3) is 0 Å². The fourth-order valence-corrected chi connectivity index (χ4v) is 6.66. The second-order valence-electron chi connectivity index (χ2n) is 5.94. The van der Waals surface area contributed by atoms with Crippen molar-refractivity contribution < 1.29 is 19.3 Å². The highest BCUT2D eigenvalue weighted by atomic mass is 32.2. The minimum Gasteiger partial charge on any atom is -0.508 e. The van der Waals surface area contributed by atoms with Crippen molar-refractivity contribution in [3.8, 4) is 23.0 Å². The molecule has 2 unspecified atom stereocenters. The van der Waals surface area contributed by atoms with E-state index in [2.05, 4.69) is 25.3 Å². The molecule has 8 heteroatoms. The molecule has 0 amide bonds. The van der Waals surface area contributed by atoms with Crippen molar-refractivity contribution in [1.29, 1.82) is 0 Å². The minimum atomic E-state index is -0.313. The van der Waals surface area contributed by atoms with Crippen molar-refractivity contribution in [2.75, 3.05) is 27.1 Å². The van der Waals surface area contributed by atoms with E-state index in [1.807, 2.05) is 47.8 Å². The zero-order valence-corrected chi connectivity index (χ0v) is 18.6. The summed E-state index contributed by atoms with van der Waals surface area (Å²) < 4.78 is 16.3. The molecule has 4 nitrogen and oxygen atoms in total. The number of phenols is 1. The third kappa shape index (κ3) is 4.39. The Bertz CT molecular complexity index is 787. The Morgan fingerprint density at radius 2 is 1.67 bits per heavy atom. The van der Waals surface area contributed by atoms with Crippen molar-refractivity contribution in [1.82, 2.24) is 0 Å². The number of aromatic hydroxyl groups is 1. The van der Waals surface area contributed by atoms with Gasteiger partial charge in [0.05, 0.1) is 30.5 Å². The van der Waals surface area contributed by atoms with Crippen LogP contribution in [0.1, 0.15) is 31.1 Å². The maximum atomic E-state index is 9.99. The second-order valence-corrected chi connectivity index (χ2v) is 10.1. The Morgan fingerprint density at radius 1 is 1.00 bits per heavy atom. The first kappa shape index (κ1) is 20.8. The first-order valence-corrected chi connectivity index (χ1v) is 11.3. The Morgan fingerprint density at radius 3 is 2.22 bits per heavy atom. The van der Waals surface area contributed by atoms with Gasteiger partial charge in [0.1, 0.15) is 5.75 Å². The number of thiol groups is 2. The lowest BCUT2D eigenvalue weighted by atomic mass is 10.1. The highest BCUT2D eigenvalue weighted by molar-refractivity contribution is 8.19. The summed E-state index contributed by atoms with van der Waals surface area (Å²) in [5.41, 5.74) is 3.03. The molecule has 0 aliphatic carbocycles. The summed E-state index contributed by atoms with van der Waals surface area (Å²) in [6.45, 7) is 0. The highest BCUT2D eigenvalue weighted by Gasteiger charge is 2.30. The molecule has 1 aliphatic heterocycles. The monoisotopic (exact) mass is 442 g/mol. The molecule has 3 rings (SSSR count). The molecular weight excluding hydrogens is 420 g/mol. The zero-order chi connectivity index (χ0) is 19.6. The topological polar surface area (TPSA) is 47.9 Å². The van der Waals surface area contributed by atoms with E-state index in [4.69, 9.17) is 14.2 Å². The smallest absolute Gasteiger partial charge is 0.203 e. The van der Waals surface area contributed by atoms with E-state index in [-0.39, 0.29) is 14.9 Å². The molecule has 0 aromatic heterocycles. The van der Waals surface area contributed by atoms with Crippen LogP contribution in [-0.2, 0) is 0 Å². The van der Waals surface area contributed by atoms with Gasteiger partial charge in [0, 0.05) is 16.6 Å². The fourth-order valence-electron chi connectivity index (χ4n) is 2.97. The highest BCUT2D eigenvalue weighted by Crippen LogP contribution is 2.57. The standard InChI is InChI=1S/C19H22O4S4/c1-21-14-7-11(8-15(22-2)17(14)23-3)16-9-26-19(27-16)10-4-5-13(20)12(6-10)18(24)25/h4-8,16,18-20,24-25H,9H2,1-3H3. The zero-order valence-electron chi connectivity index (χ0n) is 15.2. The van der Waals surface area contributed by atoms with Crippen molar-refractivity contribution in [3.63, 3.8) is 0 Å². The summed E-state index contributed by atoms with van der Waals surface area (Å²) in [4.78, 5) is 0. The van der Waals surface area contributed by atoms with Gasteiger partial charge in [-0.3, -0.25) is 0 Å². The Balaban J connectivity index is 1.85. The largest absolute Gasteiger partial charge is 0.508 e. The molecule has 1 aliphatic rings. The minimum absolute atomic E-state index is 0.225. The van der Waals surface area contributed by atoms with Gasteiger partial charge in [0.25, 0.3) is 0 Å². The van der Waals surface area contributed by atoms with E-state index in [0.717, 1.165) is 22.4 Å². The molecule has 0 saturated carbocycles. The first-order valence-electron chi connectivity index (χ1n) is 8.24. The van der Waals surface area contributed by atoms with Crippen molar-refractivity contribution >= 4 is 48.8 Å². The van der Waals surface area contributed by atoms with Crippen molar-refractivity contribution in [2.24, 2.45) is 0 Å². The van der Waals surface area contributed by atoms with Gasteiger partial charge in [-0.15, -0.1) is 23.5 Å². The maximum absolute atomic E-state index is 9.99. The normalized spacial score (nSPS) is 19.3. The summed E-state index contributed by atoms with van der Waals surface area (Å²) >= 11 is 12.4. The van der Waals surface area contributed by atoms with Gasteiger partial charge >= 0.3 is 0 Å². The van der Waals surface area contributed by atoms with Crippen LogP contribution in [0, 0.1) is 0 Å². The molecule has 0 bridgehead atoms. The predicted octanol–water partition coefficient (Wildman–Crippen LogP) is 5.50. The van der Waals surface area contributed by atoms with E-state index >= 15 is 0 Å². The number of ether oxygens (including phenoxy) is 3. The van der Waals surface area contributed by atoms with Gasteiger partial charge in [-0.25, -0.2) is 0 Å². The summed E-state index contributed by atoms with van der Waals surface area (Å²) in [5, 5.41) is 10.3. The van der Waals surface area contributed by atoms with E-state index < -0.39 is 0 Å². The molecule has 146 valence electrons. The van der Waals surface area contributed by atoms with Gasteiger partial charge in [-0.05, 0) is 35.4 Å². The number of thioether (sulfide) groups is 2. The van der Waals surface area contributed by atoms with Gasteiger partial charge in [0.2, 0.25) is 5.75 Å². The number of rotatable bonds is 6. The average Bonchev–Trinajstić information content (AvgIpc) is 3.17. The van der Waals surface area contributed by atoms with Gasteiger partial charge in [-0.2, -0.15) is 25.3 Å². The molecule has 2 atom stereocenters. The molecule has 1 fully saturated rings. The van der Waals surface area contributed by atoms with Crippen LogP contribution < -0.4 is 14.2 Å². The molecule has 1 saturated heterocycles. The van der Waals surface area contributed by atoms with Gasteiger partial charge in [0.15, 0.2) is 11.5 Å². The molecule has 27 heavy (non-hydrogen) atoms. The van der Waals surface area contributed by atoms with Crippen LogP contribution in [0.15, 0.2) is 30.3 Å². The van der Waals surface area contributed by atoms with E-state index in [0.29, 0.717) is 22.5 Å². The van der Waals surface area contributed by atoms with E-state index in [9.17, 15) is 5.11 Å². The van der Waals surface area contributed by atoms with Crippen LogP contribution in [-0.4, -0.2) is 32.2 Å². The molecular formula is C19H22O4S4. The number of hydrogen-bond donors (Lipinski definition) is 3. The maximum Gasteiger partial charge on any atom is 0.203 e. The van der Waals surface area contributed by atoms with Gasteiger partial charge < -0.3 is 19.3 Å². The summed E-state index contributed by atoms with van der Waals surface area (Å²) in [6, 6.07) is 9.70. The second kappa shape index (κ2) is 9.03. The SMILES string of the molecule is COc1cc(C2CSC(c3ccc(O)c(C(S)S)c3)S2)cc(OC)c1OC. The van der Waals surface area contributed by atoms with E-state index in [1.165, 1.54) is 0 Å². The third-order valence-corrected chi connectivity index (χ3v) is 8.24. The summed E-state index contributed by atoms with van der Waals surface area (Å²) in [6.07, 6.45) is 0. The van der Waals surface area contributed by atoms with Crippen molar-refractivity contribution in [3.05, 3.63) is 47.0 Å². The van der Waals surface area contributed by atoms with E-state index in [1.54, 1.807) is 27.4 Å². The summed E-state index contributed by atoms with van der Waals surface area (Å²) in [5.74, 6) is 3.13. The first-order chi connectivity index (χ1) is 13.0. The quantitative estimate of drug-likeness (QED) is 0.406. The van der Waals surface area contributed by atoms with Crippen LogP contribution in [0.4, 0.5) is 0 Å². The number of benzene rings is 2. The van der Waals surface area contributed by atoms with Gasteiger partial charge in [-0.1, -0.05) is 6.07 Å². The van der Waals surface area contributed by atoms with Crippen LogP contribution in [0.3, 0.4) is 0 Å². The molecule has 1 N–H and O–H groups in total. The molecule has 2 aromatic rings. The Labute approximate surface area is 179 Å². The number of methoxy groups -OCH3 is 3. The van der Waals surface area contributed by atoms with Crippen LogP contribution in [0.2, 0.25) is 0 Å². The molecule has 0 spiro atoms. The molecule has 1 heterocycles. The lowest BCUT2D eigenvalue weighted by Crippen LogP contribution is -1.99. The molecule has 2 aromatic carbocycles. The summed E-state index contributed by atoms with van der Waals surface area (Å²) in [7, 11) is 4.86. The number of phenolic OH excluding ortho intramolecular Hbond substituents is 1. The lowest BCUT2D eigenvalue weighted by Gasteiger charge is -2.17. The predicted molar refractivity (Wildman–Crippen MR) is 120 cm³/mol. The van der Waals surface area contributed by atoms with Crippen molar-refractivity contribution in [2.45, 2.75) is 14.4 Å². The van der Waals surface area contributed by atoms with Crippen LogP contribution >= 0.6 is 48.8 Å². The average molecular weight is 443 g/mol. The Hall–Kier alpha value is -0.960.